The minimum atomic E-state index is -0.476. The van der Waals surface area contributed by atoms with E-state index in [4.69, 9.17) is 0 Å². The van der Waals surface area contributed by atoms with E-state index in [1.54, 1.807) is 22.8 Å². The molecule has 0 aliphatic heterocycles. The zero-order chi connectivity index (χ0) is 14.0. The Labute approximate surface area is 127 Å². The highest BCUT2D eigenvalue weighted by Gasteiger charge is 2.15. The fourth-order valence-corrected chi connectivity index (χ4v) is 2.63. The Kier molecular flexibility index (Phi) is 4.42. The van der Waals surface area contributed by atoms with E-state index < -0.39 is 5.82 Å². The summed E-state index contributed by atoms with van der Waals surface area (Å²) >= 11 is 6.54. The number of para-hydroxylation sites is 1. The van der Waals surface area contributed by atoms with Gasteiger partial charge in [-0.05, 0) is 57.0 Å². The molecule has 0 unspecified atom stereocenters. The van der Waals surface area contributed by atoms with Crippen molar-refractivity contribution in [1.82, 2.24) is 4.57 Å². The molecule has 0 radical (unpaired) electrons. The molecule has 3 nitrogen and oxygen atoms in total. The van der Waals surface area contributed by atoms with Gasteiger partial charge in [-0.3, -0.25) is 4.79 Å². The fraction of sp³-hybridized carbons (Fsp3) is 0.154. The van der Waals surface area contributed by atoms with Gasteiger partial charge < -0.3 is 9.88 Å². The van der Waals surface area contributed by atoms with Crippen LogP contribution in [0.4, 0.5) is 10.1 Å². The van der Waals surface area contributed by atoms with Crippen LogP contribution in [-0.2, 0) is 6.54 Å². The van der Waals surface area contributed by atoms with Gasteiger partial charge in [-0.1, -0.05) is 6.07 Å². The molecular weight excluding hydrogens is 379 g/mol. The van der Waals surface area contributed by atoms with E-state index >= 15 is 0 Å². The zero-order valence-electron chi connectivity index (χ0n) is 10.1. The number of halogens is 3. The van der Waals surface area contributed by atoms with E-state index in [2.05, 4.69) is 37.2 Å². The fourth-order valence-electron chi connectivity index (χ4n) is 1.72. The van der Waals surface area contributed by atoms with Gasteiger partial charge in [-0.25, -0.2) is 4.39 Å². The molecule has 0 atom stereocenters. The Morgan fingerprint density at radius 3 is 2.79 bits per heavy atom. The maximum atomic E-state index is 13.7. The van der Waals surface area contributed by atoms with Crippen molar-refractivity contribution < 1.29 is 9.18 Å². The molecule has 1 N–H and O–H groups in total. The second-order valence-electron chi connectivity index (χ2n) is 3.88. The third-order valence-electron chi connectivity index (χ3n) is 2.64. The molecule has 1 amide bonds. The average molecular weight is 390 g/mol. The molecule has 0 aliphatic rings. The first kappa shape index (κ1) is 14.3. The Morgan fingerprint density at radius 1 is 1.42 bits per heavy atom. The standard InChI is InChI=1S/C13H11Br2FN2O/c1-2-18-7-8(14)6-11(18)13(19)17-12-9(15)4-3-5-10(12)16/h3-7H,2H2,1H3,(H,17,19). The second-order valence-corrected chi connectivity index (χ2v) is 5.65. The summed E-state index contributed by atoms with van der Waals surface area (Å²) in [5.41, 5.74) is 0.622. The van der Waals surface area contributed by atoms with E-state index in [0.29, 0.717) is 16.7 Å². The lowest BCUT2D eigenvalue weighted by Crippen LogP contribution is -2.17. The zero-order valence-corrected chi connectivity index (χ0v) is 13.3. The summed E-state index contributed by atoms with van der Waals surface area (Å²) < 4.78 is 16.8. The first-order valence-electron chi connectivity index (χ1n) is 5.64. The van der Waals surface area contributed by atoms with Gasteiger partial charge in [0.15, 0.2) is 0 Å². The Hall–Kier alpha value is -1.14. The van der Waals surface area contributed by atoms with Crippen LogP contribution in [0.3, 0.4) is 0 Å². The number of benzene rings is 1. The van der Waals surface area contributed by atoms with Crippen LogP contribution >= 0.6 is 31.9 Å². The Bertz CT molecular complexity index is 605. The molecule has 0 aliphatic carbocycles. The maximum Gasteiger partial charge on any atom is 0.272 e. The average Bonchev–Trinajstić information content (AvgIpc) is 2.75. The number of rotatable bonds is 3. The van der Waals surface area contributed by atoms with Crippen LogP contribution in [0.1, 0.15) is 17.4 Å². The largest absolute Gasteiger partial charge is 0.343 e. The summed E-state index contributed by atoms with van der Waals surface area (Å²) in [4.78, 5) is 12.2. The number of carbonyl (C=O) groups is 1. The van der Waals surface area contributed by atoms with Gasteiger partial charge in [0.2, 0.25) is 0 Å². The number of anilines is 1. The number of nitrogens with one attached hydrogen (secondary N) is 1. The van der Waals surface area contributed by atoms with Gasteiger partial charge in [0.25, 0.3) is 5.91 Å². The highest BCUT2D eigenvalue weighted by atomic mass is 79.9. The van der Waals surface area contributed by atoms with Crippen LogP contribution in [-0.4, -0.2) is 10.5 Å². The molecule has 1 aromatic carbocycles. The predicted octanol–water partition coefficient (Wildman–Crippen LogP) is 4.42. The summed E-state index contributed by atoms with van der Waals surface area (Å²) in [5.74, 6) is -0.824. The summed E-state index contributed by atoms with van der Waals surface area (Å²) in [6, 6.07) is 6.25. The van der Waals surface area contributed by atoms with E-state index in [1.807, 2.05) is 13.1 Å². The lowest BCUT2D eigenvalue weighted by Gasteiger charge is -2.10. The third kappa shape index (κ3) is 3.06. The molecule has 0 fully saturated rings. The first-order chi connectivity index (χ1) is 9.02. The van der Waals surface area contributed by atoms with Crippen LogP contribution in [0.25, 0.3) is 0 Å². The minimum Gasteiger partial charge on any atom is -0.343 e. The van der Waals surface area contributed by atoms with Crippen LogP contribution in [0, 0.1) is 5.82 Å². The van der Waals surface area contributed by atoms with E-state index in [0.717, 1.165) is 4.47 Å². The monoisotopic (exact) mass is 388 g/mol. The van der Waals surface area contributed by atoms with Crippen LogP contribution in [0.2, 0.25) is 0 Å². The second kappa shape index (κ2) is 5.88. The highest BCUT2D eigenvalue weighted by Crippen LogP contribution is 2.26. The van der Waals surface area contributed by atoms with Gasteiger partial charge in [0, 0.05) is 21.7 Å². The maximum absolute atomic E-state index is 13.7. The van der Waals surface area contributed by atoms with E-state index in [9.17, 15) is 9.18 Å². The van der Waals surface area contributed by atoms with Crippen molar-refractivity contribution in [3.63, 3.8) is 0 Å². The van der Waals surface area contributed by atoms with Crippen molar-refractivity contribution in [3.8, 4) is 0 Å². The summed E-state index contributed by atoms with van der Waals surface area (Å²) in [5, 5.41) is 2.58. The molecule has 0 bridgehead atoms. The Morgan fingerprint density at radius 2 is 2.16 bits per heavy atom. The molecule has 1 heterocycles. The molecule has 0 saturated carbocycles. The van der Waals surface area contributed by atoms with Crippen LogP contribution in [0.15, 0.2) is 39.4 Å². The minimum absolute atomic E-state index is 0.146. The SMILES string of the molecule is CCn1cc(Br)cc1C(=O)Nc1c(F)cccc1Br. The van der Waals surface area contributed by atoms with Crippen molar-refractivity contribution >= 4 is 43.5 Å². The molecular formula is C13H11Br2FN2O. The summed E-state index contributed by atoms with van der Waals surface area (Å²) in [6.07, 6.45) is 1.81. The Balaban J connectivity index is 2.31. The van der Waals surface area contributed by atoms with Crippen molar-refractivity contribution in [1.29, 1.82) is 0 Å². The lowest BCUT2D eigenvalue weighted by atomic mass is 10.3. The number of aromatic nitrogens is 1. The van der Waals surface area contributed by atoms with Gasteiger partial charge >= 0.3 is 0 Å². The molecule has 1 aromatic heterocycles. The smallest absolute Gasteiger partial charge is 0.272 e. The van der Waals surface area contributed by atoms with Gasteiger partial charge in [0.1, 0.15) is 11.5 Å². The molecule has 19 heavy (non-hydrogen) atoms. The van der Waals surface area contributed by atoms with Gasteiger partial charge in [0.05, 0.1) is 5.69 Å². The van der Waals surface area contributed by atoms with Gasteiger partial charge in [-0.2, -0.15) is 0 Å². The quantitative estimate of drug-likeness (QED) is 0.827. The topological polar surface area (TPSA) is 34.0 Å². The number of aryl methyl sites for hydroxylation is 1. The van der Waals surface area contributed by atoms with Crippen LogP contribution in [0.5, 0.6) is 0 Å². The molecule has 0 spiro atoms. The molecule has 100 valence electrons. The molecule has 2 rings (SSSR count). The van der Waals surface area contributed by atoms with Gasteiger partial charge in [-0.15, -0.1) is 0 Å². The van der Waals surface area contributed by atoms with Crippen molar-refractivity contribution in [2.24, 2.45) is 0 Å². The molecule has 2 aromatic rings. The number of hydrogen-bond donors (Lipinski definition) is 1. The number of amides is 1. The van der Waals surface area contributed by atoms with Crippen LogP contribution < -0.4 is 5.32 Å². The number of nitrogens with zero attached hydrogens (tertiary/aromatic N) is 1. The first-order valence-corrected chi connectivity index (χ1v) is 7.22. The van der Waals surface area contributed by atoms with Crippen molar-refractivity contribution in [3.05, 3.63) is 50.9 Å². The normalized spacial score (nSPS) is 10.5. The molecule has 0 saturated heterocycles. The summed E-state index contributed by atoms with van der Waals surface area (Å²) in [7, 11) is 0. The molecule has 6 heteroatoms. The number of carbonyl (C=O) groups excluding carboxylic acids is 1. The van der Waals surface area contributed by atoms with E-state index in [1.165, 1.54) is 6.07 Å². The number of hydrogen-bond acceptors (Lipinski definition) is 1. The summed E-state index contributed by atoms with van der Waals surface area (Å²) in [6.45, 7) is 2.59. The third-order valence-corrected chi connectivity index (χ3v) is 3.73. The van der Waals surface area contributed by atoms with Crippen molar-refractivity contribution in [2.45, 2.75) is 13.5 Å². The highest BCUT2D eigenvalue weighted by molar-refractivity contribution is 9.10. The predicted molar refractivity (Wildman–Crippen MR) is 79.9 cm³/mol. The van der Waals surface area contributed by atoms with E-state index in [-0.39, 0.29) is 11.6 Å². The lowest BCUT2D eigenvalue weighted by molar-refractivity contribution is 0.101. The van der Waals surface area contributed by atoms with Crippen molar-refractivity contribution in [2.75, 3.05) is 5.32 Å².